The average molecular weight is 349 g/mol. The monoisotopic (exact) mass is 349 g/mol. The Labute approximate surface area is 153 Å². The van der Waals surface area contributed by atoms with Crippen molar-refractivity contribution in [2.45, 2.75) is 31.3 Å². The minimum absolute atomic E-state index is 0.298. The van der Waals surface area contributed by atoms with Gasteiger partial charge in [-0.05, 0) is 12.8 Å². The van der Waals surface area contributed by atoms with Gasteiger partial charge in [0.1, 0.15) is 12.1 Å². The number of fused-ring (bicyclic) bond motifs is 2. The molecule has 134 valence electrons. The van der Waals surface area contributed by atoms with Crippen LogP contribution in [0, 0.1) is 11.8 Å². The van der Waals surface area contributed by atoms with Crippen LogP contribution in [0.5, 0.6) is 0 Å². The maximum atomic E-state index is 11.3. The predicted octanol–water partition coefficient (Wildman–Crippen LogP) is 2.49. The van der Waals surface area contributed by atoms with E-state index in [1.54, 1.807) is 0 Å². The predicted molar refractivity (Wildman–Crippen MR) is 101 cm³/mol. The Balaban J connectivity index is 1.76. The van der Waals surface area contributed by atoms with Crippen molar-refractivity contribution in [3.05, 3.63) is 71.8 Å². The van der Waals surface area contributed by atoms with E-state index in [9.17, 15) is 4.79 Å². The number of urea groups is 1. The fraction of sp³-hybridized carbons (Fsp3) is 0.333. The Morgan fingerprint density at radius 3 is 1.88 bits per heavy atom. The minimum Gasteiger partial charge on any atom is -0.350 e. The fourth-order valence-electron chi connectivity index (χ4n) is 4.67. The number of carbonyl (C=O) groups is 1. The lowest BCUT2D eigenvalue weighted by Gasteiger charge is -2.44. The van der Waals surface area contributed by atoms with Gasteiger partial charge < -0.3 is 11.1 Å². The first-order chi connectivity index (χ1) is 12.7. The summed E-state index contributed by atoms with van der Waals surface area (Å²) in [4.78, 5) is 11.3. The van der Waals surface area contributed by atoms with Crippen LogP contribution in [0.15, 0.2) is 65.8 Å². The van der Waals surface area contributed by atoms with E-state index in [0.717, 1.165) is 18.6 Å². The second-order valence-electron chi connectivity index (χ2n) is 7.22. The average Bonchev–Trinajstić information content (AvgIpc) is 2.68. The highest BCUT2D eigenvalue weighted by Gasteiger charge is 2.48. The second kappa shape index (κ2) is 7.30. The van der Waals surface area contributed by atoms with E-state index in [1.165, 1.54) is 17.5 Å². The Morgan fingerprint density at radius 2 is 1.42 bits per heavy atom. The molecule has 0 unspecified atom stereocenters. The van der Waals surface area contributed by atoms with Crippen LogP contribution >= 0.6 is 0 Å². The van der Waals surface area contributed by atoms with Crippen LogP contribution in [-0.4, -0.2) is 11.7 Å². The van der Waals surface area contributed by atoms with E-state index in [1.807, 2.05) is 12.1 Å². The Hall–Kier alpha value is -2.66. The number of piperidine rings is 1. The molecule has 5 heteroatoms. The van der Waals surface area contributed by atoms with Gasteiger partial charge in [-0.1, -0.05) is 67.1 Å². The van der Waals surface area contributed by atoms with E-state index in [2.05, 4.69) is 64.4 Å². The number of nitrogens with one attached hydrogen (secondary N) is 1. The van der Waals surface area contributed by atoms with Crippen LogP contribution in [0.4, 0.5) is 4.79 Å². The zero-order valence-electron chi connectivity index (χ0n) is 14.7. The topological polar surface area (TPSA) is 84.1 Å². The molecule has 2 amide bonds. The van der Waals surface area contributed by atoms with Gasteiger partial charge in [0.15, 0.2) is 0 Å². The Morgan fingerprint density at radius 1 is 0.923 bits per heavy atom. The third-order valence-electron chi connectivity index (χ3n) is 5.74. The van der Waals surface area contributed by atoms with Crippen LogP contribution in [0.3, 0.4) is 0 Å². The molecule has 0 aromatic heterocycles. The number of rotatable bonds is 3. The summed E-state index contributed by atoms with van der Waals surface area (Å²) in [5, 5.41) is 6.99. The molecule has 1 aliphatic heterocycles. The first-order valence-corrected chi connectivity index (χ1v) is 9.32. The third kappa shape index (κ3) is 3.22. The van der Waals surface area contributed by atoms with Gasteiger partial charge in [0.25, 0.3) is 0 Å². The number of hydrazone groups is 1. The van der Waals surface area contributed by atoms with Gasteiger partial charge in [0.2, 0.25) is 0 Å². The summed E-state index contributed by atoms with van der Waals surface area (Å²) in [6.45, 7) is 0. The molecule has 5 nitrogen and oxygen atoms in total. The largest absolute Gasteiger partial charge is 0.350 e. The molecule has 1 saturated heterocycles. The van der Waals surface area contributed by atoms with Crippen LogP contribution in [0.2, 0.25) is 0 Å². The number of carbonyl (C=O) groups excluding carboxylic acids is 1. The van der Waals surface area contributed by atoms with Crippen molar-refractivity contribution < 1.29 is 10.1 Å². The lowest BCUT2D eigenvalue weighted by Crippen LogP contribution is -2.92. The van der Waals surface area contributed by atoms with Crippen molar-refractivity contribution in [2.24, 2.45) is 22.7 Å². The van der Waals surface area contributed by atoms with E-state index in [-0.39, 0.29) is 0 Å². The summed E-state index contributed by atoms with van der Waals surface area (Å²) in [5.41, 5.74) is 11.5. The minimum atomic E-state index is -0.599. The quantitative estimate of drug-likeness (QED) is 0.731. The molecule has 2 bridgehead atoms. The number of hydrogen-bond acceptors (Lipinski definition) is 2. The number of amides is 2. The molecule has 2 fully saturated rings. The highest BCUT2D eigenvalue weighted by Crippen LogP contribution is 2.42. The maximum absolute atomic E-state index is 11.3. The van der Waals surface area contributed by atoms with Crippen LogP contribution in [-0.2, 0) is 0 Å². The smallest absolute Gasteiger partial charge is 0.332 e. The van der Waals surface area contributed by atoms with Crippen LogP contribution in [0.1, 0.15) is 42.5 Å². The molecular formula is C21H25N4O+. The maximum Gasteiger partial charge on any atom is 0.332 e. The Kier molecular flexibility index (Phi) is 4.71. The molecule has 2 aromatic carbocycles. The summed E-state index contributed by atoms with van der Waals surface area (Å²) in [6.07, 6.45) is 3.37. The summed E-state index contributed by atoms with van der Waals surface area (Å²) in [7, 11) is 0. The lowest BCUT2D eigenvalue weighted by atomic mass is 9.67. The fourth-order valence-corrected chi connectivity index (χ4v) is 4.67. The molecule has 4 rings (SSSR count). The number of hydrogen-bond donors (Lipinski definition) is 3. The summed E-state index contributed by atoms with van der Waals surface area (Å²) >= 11 is 0. The molecule has 5 N–H and O–H groups in total. The molecule has 0 spiro atoms. The van der Waals surface area contributed by atoms with Crippen molar-refractivity contribution in [1.82, 2.24) is 5.43 Å². The van der Waals surface area contributed by atoms with Crippen molar-refractivity contribution in [3.63, 3.8) is 0 Å². The zero-order valence-corrected chi connectivity index (χ0v) is 14.7. The molecule has 0 radical (unpaired) electrons. The molecule has 1 heterocycles. The number of benzene rings is 2. The highest BCUT2D eigenvalue weighted by molar-refractivity contribution is 5.92. The number of quaternary nitrogens is 1. The summed E-state index contributed by atoms with van der Waals surface area (Å²) < 4.78 is 0. The number of nitrogens with zero attached hydrogens (tertiary/aromatic N) is 1. The normalized spacial score (nSPS) is 27.6. The highest BCUT2D eigenvalue weighted by atomic mass is 16.2. The second-order valence-corrected chi connectivity index (χ2v) is 7.22. The van der Waals surface area contributed by atoms with Gasteiger partial charge in [-0.25, -0.2) is 10.2 Å². The lowest BCUT2D eigenvalue weighted by molar-refractivity contribution is -0.749. The summed E-state index contributed by atoms with van der Waals surface area (Å²) in [5.74, 6) is 0.644. The molecule has 4 atom stereocenters. The molecule has 1 aliphatic carbocycles. The zero-order chi connectivity index (χ0) is 17.9. The van der Waals surface area contributed by atoms with Crippen LogP contribution < -0.4 is 16.5 Å². The van der Waals surface area contributed by atoms with Gasteiger partial charge in [-0.15, -0.1) is 0 Å². The Bertz CT molecular complexity index is 735. The van der Waals surface area contributed by atoms with Crippen molar-refractivity contribution in [2.75, 3.05) is 0 Å². The standard InChI is InChI=1S/C21H24N4O/c22-21(26)25-24-20-16-12-7-13-17(20)19(15-10-5-2-6-11-15)23-18(16)14-8-3-1-4-9-14/h1-6,8-11,16-19,23H,7,12-13H2,(H3,22,25,26)/p+1/t16-,17-,18-,19-/m1/s1. The van der Waals surface area contributed by atoms with Crippen LogP contribution in [0.25, 0.3) is 0 Å². The first kappa shape index (κ1) is 16.8. The third-order valence-corrected chi connectivity index (χ3v) is 5.74. The number of primary amides is 1. The molecule has 2 aromatic rings. The van der Waals surface area contributed by atoms with E-state index in [4.69, 9.17) is 5.73 Å². The van der Waals surface area contributed by atoms with Gasteiger partial charge in [0, 0.05) is 11.1 Å². The number of nitrogens with two attached hydrogens (primary N) is 2. The molecule has 2 aliphatic rings. The first-order valence-electron chi connectivity index (χ1n) is 9.32. The van der Waals surface area contributed by atoms with Gasteiger partial charge >= 0.3 is 6.03 Å². The molecule has 26 heavy (non-hydrogen) atoms. The van der Waals surface area contributed by atoms with E-state index >= 15 is 0 Å². The van der Waals surface area contributed by atoms with Gasteiger partial charge in [-0.3, -0.25) is 0 Å². The van der Waals surface area contributed by atoms with Crippen molar-refractivity contribution in [1.29, 1.82) is 0 Å². The van der Waals surface area contributed by atoms with Gasteiger partial charge in [0.05, 0.1) is 17.5 Å². The summed E-state index contributed by atoms with van der Waals surface area (Å²) in [6, 6.07) is 21.2. The van der Waals surface area contributed by atoms with E-state index < -0.39 is 6.03 Å². The van der Waals surface area contributed by atoms with E-state index in [0.29, 0.717) is 23.9 Å². The van der Waals surface area contributed by atoms with Gasteiger partial charge in [-0.2, -0.15) is 5.10 Å². The molecular weight excluding hydrogens is 324 g/mol. The van der Waals surface area contributed by atoms with Crippen molar-refractivity contribution >= 4 is 11.7 Å². The van der Waals surface area contributed by atoms with Crippen molar-refractivity contribution in [3.8, 4) is 0 Å². The molecule has 1 saturated carbocycles. The SMILES string of the molecule is NC(=O)NN=C1[C@@H]2CCC[C@@H]1[C@@H](c1ccccc1)[NH2+][C@@H]2c1ccccc1.